The van der Waals surface area contributed by atoms with E-state index in [0.29, 0.717) is 6.54 Å². The Kier molecular flexibility index (Phi) is 5.05. The first-order valence-electron chi connectivity index (χ1n) is 7.29. The Balaban J connectivity index is 2.07. The third-order valence-electron chi connectivity index (χ3n) is 3.84. The number of aromatic nitrogens is 4. The van der Waals surface area contributed by atoms with Gasteiger partial charge in [0.1, 0.15) is 6.54 Å². The molecule has 2 rings (SSSR count). The zero-order valence-electron chi connectivity index (χ0n) is 13.7. The van der Waals surface area contributed by atoms with Crippen molar-refractivity contribution in [1.29, 1.82) is 0 Å². The molecule has 0 atom stereocenters. The molecule has 0 unspecified atom stereocenters. The summed E-state index contributed by atoms with van der Waals surface area (Å²) in [5.74, 6) is 0.0260. The van der Waals surface area contributed by atoms with Crippen LogP contribution in [0.2, 0.25) is 0 Å². The fourth-order valence-corrected chi connectivity index (χ4v) is 2.75. The first-order valence-corrected chi connectivity index (χ1v) is 8.09. The second-order valence-electron chi connectivity index (χ2n) is 5.47. The Morgan fingerprint density at radius 1 is 1.27 bits per heavy atom. The lowest BCUT2D eigenvalue weighted by atomic mass is 10.2. The summed E-state index contributed by atoms with van der Waals surface area (Å²) in [6.45, 7) is 9.65. The maximum atomic E-state index is 12.4. The Bertz CT molecular complexity index is 669. The van der Waals surface area contributed by atoms with Crippen LogP contribution < -0.4 is 0 Å². The van der Waals surface area contributed by atoms with Crippen molar-refractivity contribution >= 4 is 21.8 Å². The average molecular weight is 368 g/mol. The molecule has 22 heavy (non-hydrogen) atoms. The van der Waals surface area contributed by atoms with Crippen LogP contribution in [0.1, 0.15) is 29.6 Å². The summed E-state index contributed by atoms with van der Waals surface area (Å²) in [6, 6.07) is 0. The molecular formula is C15H22BrN5O. The number of likely N-dealkylation sites (N-methyl/N-ethyl adjacent to an activating group) is 1. The van der Waals surface area contributed by atoms with Gasteiger partial charge in [0.2, 0.25) is 5.91 Å². The predicted molar refractivity (Wildman–Crippen MR) is 88.5 cm³/mol. The van der Waals surface area contributed by atoms with Crippen LogP contribution in [0, 0.1) is 20.8 Å². The van der Waals surface area contributed by atoms with E-state index >= 15 is 0 Å². The van der Waals surface area contributed by atoms with E-state index in [1.165, 1.54) is 0 Å². The molecule has 0 bridgehead atoms. The Hall–Kier alpha value is -1.63. The molecule has 0 radical (unpaired) electrons. The lowest BCUT2D eigenvalue weighted by molar-refractivity contribution is -0.131. The minimum atomic E-state index is 0.0260. The van der Waals surface area contributed by atoms with E-state index in [2.05, 4.69) is 33.1 Å². The van der Waals surface area contributed by atoms with E-state index in [1.807, 2.05) is 38.7 Å². The van der Waals surface area contributed by atoms with Gasteiger partial charge >= 0.3 is 0 Å². The van der Waals surface area contributed by atoms with Crippen molar-refractivity contribution in [3.05, 3.63) is 33.3 Å². The molecule has 0 fully saturated rings. The number of halogens is 1. The highest BCUT2D eigenvalue weighted by Crippen LogP contribution is 2.16. The van der Waals surface area contributed by atoms with Gasteiger partial charge in [-0.3, -0.25) is 14.2 Å². The van der Waals surface area contributed by atoms with Crippen molar-refractivity contribution < 1.29 is 4.79 Å². The SMILES string of the molecule is CCn1nc(C)c(CN(C)C(=O)Cn2cc(Br)c(C)n2)c1C. The normalized spacial score (nSPS) is 11.0. The van der Waals surface area contributed by atoms with Crippen LogP contribution >= 0.6 is 15.9 Å². The molecule has 2 aromatic heterocycles. The first kappa shape index (κ1) is 16.7. The molecule has 0 aromatic carbocycles. The molecule has 0 aliphatic carbocycles. The molecule has 6 nitrogen and oxygen atoms in total. The van der Waals surface area contributed by atoms with Crippen LogP contribution in [-0.2, 0) is 24.4 Å². The lowest BCUT2D eigenvalue weighted by Gasteiger charge is -2.17. The van der Waals surface area contributed by atoms with Crippen molar-refractivity contribution in [2.24, 2.45) is 0 Å². The molecule has 0 saturated heterocycles. The van der Waals surface area contributed by atoms with Gasteiger partial charge in [0.05, 0.1) is 15.9 Å². The molecule has 0 N–H and O–H groups in total. The Labute approximate surface area is 139 Å². The number of hydrogen-bond donors (Lipinski definition) is 0. The maximum absolute atomic E-state index is 12.4. The van der Waals surface area contributed by atoms with Gasteiger partial charge in [0.15, 0.2) is 0 Å². The standard InChI is InChI=1S/C15H22BrN5O/c1-6-21-12(4)13(10(2)18-21)7-19(5)15(22)9-20-8-14(16)11(3)17-20/h8H,6-7,9H2,1-5H3. The molecule has 1 amide bonds. The van der Waals surface area contributed by atoms with Gasteiger partial charge in [-0.15, -0.1) is 0 Å². The van der Waals surface area contributed by atoms with Crippen LogP contribution in [-0.4, -0.2) is 37.4 Å². The molecule has 0 aliphatic rings. The summed E-state index contributed by atoms with van der Waals surface area (Å²) >= 11 is 3.41. The highest BCUT2D eigenvalue weighted by molar-refractivity contribution is 9.10. The van der Waals surface area contributed by atoms with Crippen LogP contribution in [0.25, 0.3) is 0 Å². The number of amides is 1. The molecule has 0 spiro atoms. The van der Waals surface area contributed by atoms with E-state index in [0.717, 1.165) is 33.7 Å². The molecule has 0 aliphatic heterocycles. The summed E-state index contributed by atoms with van der Waals surface area (Å²) in [5, 5.41) is 8.79. The lowest BCUT2D eigenvalue weighted by Crippen LogP contribution is -2.30. The smallest absolute Gasteiger partial charge is 0.244 e. The van der Waals surface area contributed by atoms with Gasteiger partial charge in [-0.1, -0.05) is 0 Å². The molecule has 0 saturated carbocycles. The zero-order valence-corrected chi connectivity index (χ0v) is 15.3. The second kappa shape index (κ2) is 6.64. The Morgan fingerprint density at radius 3 is 2.45 bits per heavy atom. The van der Waals surface area contributed by atoms with E-state index in [1.54, 1.807) is 9.58 Å². The van der Waals surface area contributed by atoms with Crippen LogP contribution in [0.4, 0.5) is 0 Å². The topological polar surface area (TPSA) is 56.0 Å². The summed E-state index contributed by atoms with van der Waals surface area (Å²) in [6.07, 6.45) is 1.83. The molecule has 2 heterocycles. The second-order valence-corrected chi connectivity index (χ2v) is 6.33. The Morgan fingerprint density at radius 2 is 1.95 bits per heavy atom. The molecule has 7 heteroatoms. The van der Waals surface area contributed by atoms with Gasteiger partial charge in [-0.05, 0) is 43.6 Å². The molecular weight excluding hydrogens is 346 g/mol. The molecule has 2 aromatic rings. The van der Waals surface area contributed by atoms with Gasteiger partial charge in [-0.25, -0.2) is 0 Å². The predicted octanol–water partition coefficient (Wildman–Crippen LogP) is 2.45. The molecule has 120 valence electrons. The number of aryl methyl sites for hydroxylation is 3. The van der Waals surface area contributed by atoms with Crippen LogP contribution in [0.5, 0.6) is 0 Å². The minimum Gasteiger partial charge on any atom is -0.340 e. The highest BCUT2D eigenvalue weighted by atomic mass is 79.9. The summed E-state index contributed by atoms with van der Waals surface area (Å²) in [7, 11) is 1.82. The minimum absolute atomic E-state index is 0.0260. The number of hydrogen-bond acceptors (Lipinski definition) is 3. The van der Waals surface area contributed by atoms with Gasteiger partial charge in [0.25, 0.3) is 0 Å². The quantitative estimate of drug-likeness (QED) is 0.815. The largest absolute Gasteiger partial charge is 0.340 e. The van der Waals surface area contributed by atoms with Crippen molar-refractivity contribution in [3.63, 3.8) is 0 Å². The van der Waals surface area contributed by atoms with Crippen molar-refractivity contribution in [2.45, 2.75) is 47.3 Å². The van der Waals surface area contributed by atoms with Crippen LogP contribution in [0.15, 0.2) is 10.7 Å². The number of carbonyl (C=O) groups is 1. The summed E-state index contributed by atoms with van der Waals surface area (Å²) < 4.78 is 4.54. The van der Waals surface area contributed by atoms with E-state index in [4.69, 9.17) is 0 Å². The van der Waals surface area contributed by atoms with Crippen molar-refractivity contribution in [2.75, 3.05) is 7.05 Å². The monoisotopic (exact) mass is 367 g/mol. The third kappa shape index (κ3) is 3.40. The summed E-state index contributed by atoms with van der Waals surface area (Å²) in [4.78, 5) is 14.1. The third-order valence-corrected chi connectivity index (χ3v) is 4.61. The van der Waals surface area contributed by atoms with Gasteiger partial charge in [0, 0.05) is 37.6 Å². The fourth-order valence-electron chi connectivity index (χ4n) is 2.43. The summed E-state index contributed by atoms with van der Waals surface area (Å²) in [5.41, 5.74) is 4.11. The zero-order chi connectivity index (χ0) is 16.4. The fraction of sp³-hybridized carbons (Fsp3) is 0.533. The first-order chi connectivity index (χ1) is 10.3. The van der Waals surface area contributed by atoms with Crippen molar-refractivity contribution in [1.82, 2.24) is 24.5 Å². The number of carbonyl (C=O) groups excluding carboxylic acids is 1. The van der Waals surface area contributed by atoms with Crippen LogP contribution in [0.3, 0.4) is 0 Å². The highest BCUT2D eigenvalue weighted by Gasteiger charge is 2.17. The van der Waals surface area contributed by atoms with Crippen molar-refractivity contribution in [3.8, 4) is 0 Å². The van der Waals surface area contributed by atoms with E-state index < -0.39 is 0 Å². The van der Waals surface area contributed by atoms with Gasteiger partial charge < -0.3 is 4.90 Å². The average Bonchev–Trinajstić information content (AvgIpc) is 2.91. The maximum Gasteiger partial charge on any atom is 0.244 e. The number of nitrogens with zero attached hydrogens (tertiary/aromatic N) is 5. The van der Waals surface area contributed by atoms with Gasteiger partial charge in [-0.2, -0.15) is 10.2 Å². The van der Waals surface area contributed by atoms with E-state index in [-0.39, 0.29) is 12.5 Å². The van der Waals surface area contributed by atoms with E-state index in [9.17, 15) is 4.79 Å². The number of rotatable bonds is 5.